The van der Waals surface area contributed by atoms with Crippen molar-refractivity contribution in [2.75, 3.05) is 13.1 Å². The number of hydrogen-bond donors (Lipinski definition) is 1. The highest BCUT2D eigenvalue weighted by atomic mass is 16.3. The Balaban J connectivity index is 2.97. The van der Waals surface area contributed by atoms with Gasteiger partial charge < -0.3 is 10.0 Å². The van der Waals surface area contributed by atoms with Gasteiger partial charge in [-0.15, -0.1) is 0 Å². The molecule has 92 valence electrons. The predicted molar refractivity (Wildman–Crippen MR) is 69.2 cm³/mol. The van der Waals surface area contributed by atoms with Crippen LogP contribution in [0.1, 0.15) is 29.8 Å². The molecule has 0 atom stereocenters. The second-order valence-corrected chi connectivity index (χ2v) is 4.30. The number of benzene rings is 1. The number of carbonyl (C=O) groups is 1. The number of nitrogens with zero attached hydrogens (tertiary/aromatic N) is 1. The maximum atomic E-state index is 12.2. The van der Waals surface area contributed by atoms with E-state index in [4.69, 9.17) is 0 Å². The number of aromatic hydroxyl groups is 1. The zero-order valence-electron chi connectivity index (χ0n) is 10.7. The van der Waals surface area contributed by atoms with Gasteiger partial charge in [0.05, 0.1) is 5.56 Å². The van der Waals surface area contributed by atoms with E-state index in [2.05, 4.69) is 6.58 Å². The molecule has 0 fully saturated rings. The Morgan fingerprint density at radius 3 is 2.59 bits per heavy atom. The molecular formula is C14H19NO2. The number of phenols is 1. The fourth-order valence-corrected chi connectivity index (χ4v) is 1.65. The fraction of sp³-hybridized carbons (Fsp3) is 0.357. The molecular weight excluding hydrogens is 214 g/mol. The van der Waals surface area contributed by atoms with Crippen LogP contribution in [0.15, 0.2) is 30.4 Å². The second kappa shape index (κ2) is 5.53. The van der Waals surface area contributed by atoms with Crippen LogP contribution in [0.5, 0.6) is 5.75 Å². The van der Waals surface area contributed by atoms with Crippen LogP contribution >= 0.6 is 0 Å². The van der Waals surface area contributed by atoms with Crippen molar-refractivity contribution < 1.29 is 9.90 Å². The third-order valence-corrected chi connectivity index (χ3v) is 2.51. The number of rotatable bonds is 4. The van der Waals surface area contributed by atoms with E-state index in [1.54, 1.807) is 17.0 Å². The van der Waals surface area contributed by atoms with Crippen LogP contribution in [-0.4, -0.2) is 29.0 Å². The third kappa shape index (κ3) is 3.34. The Bertz CT molecular complexity index is 438. The van der Waals surface area contributed by atoms with Gasteiger partial charge in [0.25, 0.3) is 5.91 Å². The van der Waals surface area contributed by atoms with Crippen molar-refractivity contribution in [3.63, 3.8) is 0 Å². The maximum absolute atomic E-state index is 12.2. The molecule has 1 amide bonds. The highest BCUT2D eigenvalue weighted by molar-refractivity contribution is 5.97. The van der Waals surface area contributed by atoms with Gasteiger partial charge in [-0.25, -0.2) is 0 Å². The molecule has 1 rings (SSSR count). The lowest BCUT2D eigenvalue weighted by Gasteiger charge is -2.21. The van der Waals surface area contributed by atoms with Crippen LogP contribution in [-0.2, 0) is 0 Å². The Morgan fingerprint density at radius 2 is 2.12 bits per heavy atom. The van der Waals surface area contributed by atoms with E-state index in [1.165, 1.54) is 0 Å². The Hall–Kier alpha value is -1.77. The molecule has 0 aliphatic heterocycles. The Kier molecular flexibility index (Phi) is 4.32. The molecule has 0 unspecified atom stereocenters. The van der Waals surface area contributed by atoms with E-state index >= 15 is 0 Å². The van der Waals surface area contributed by atoms with Crippen molar-refractivity contribution in [2.24, 2.45) is 0 Å². The summed E-state index contributed by atoms with van der Waals surface area (Å²) in [6, 6.07) is 5.08. The smallest absolute Gasteiger partial charge is 0.257 e. The lowest BCUT2D eigenvalue weighted by atomic mass is 10.1. The topological polar surface area (TPSA) is 40.5 Å². The van der Waals surface area contributed by atoms with Crippen molar-refractivity contribution in [3.05, 3.63) is 41.5 Å². The number of carbonyl (C=O) groups excluding carboxylic acids is 1. The van der Waals surface area contributed by atoms with Gasteiger partial charge in [0.1, 0.15) is 5.75 Å². The molecule has 0 aromatic heterocycles. The Morgan fingerprint density at radius 1 is 1.47 bits per heavy atom. The van der Waals surface area contributed by atoms with Crippen molar-refractivity contribution in [2.45, 2.75) is 20.8 Å². The minimum absolute atomic E-state index is 0.0372. The van der Waals surface area contributed by atoms with Crippen molar-refractivity contribution in [3.8, 4) is 5.75 Å². The molecule has 0 radical (unpaired) electrons. The largest absolute Gasteiger partial charge is 0.507 e. The van der Waals surface area contributed by atoms with Gasteiger partial charge >= 0.3 is 0 Å². The summed E-state index contributed by atoms with van der Waals surface area (Å²) in [4.78, 5) is 13.8. The maximum Gasteiger partial charge on any atom is 0.257 e. The van der Waals surface area contributed by atoms with Gasteiger partial charge in [-0.2, -0.15) is 0 Å². The SMILES string of the molecule is C=C(C)CN(CC)C(=O)c1ccc(C)cc1O. The van der Waals surface area contributed by atoms with E-state index in [0.29, 0.717) is 18.7 Å². The summed E-state index contributed by atoms with van der Waals surface area (Å²) in [5.41, 5.74) is 2.20. The minimum Gasteiger partial charge on any atom is -0.507 e. The summed E-state index contributed by atoms with van der Waals surface area (Å²) in [7, 11) is 0. The van der Waals surface area contributed by atoms with Gasteiger partial charge in [-0.1, -0.05) is 18.2 Å². The van der Waals surface area contributed by atoms with Crippen LogP contribution < -0.4 is 0 Å². The van der Waals surface area contributed by atoms with Crippen LogP contribution in [0.3, 0.4) is 0 Å². The van der Waals surface area contributed by atoms with E-state index < -0.39 is 0 Å². The van der Waals surface area contributed by atoms with Crippen molar-refractivity contribution >= 4 is 5.91 Å². The van der Waals surface area contributed by atoms with E-state index in [1.807, 2.05) is 26.8 Å². The molecule has 0 saturated heterocycles. The molecule has 0 saturated carbocycles. The summed E-state index contributed by atoms with van der Waals surface area (Å²) in [5.74, 6) is -0.122. The molecule has 0 spiro atoms. The van der Waals surface area contributed by atoms with Crippen LogP contribution in [0.4, 0.5) is 0 Å². The fourth-order valence-electron chi connectivity index (χ4n) is 1.65. The summed E-state index contributed by atoms with van der Waals surface area (Å²) in [5, 5.41) is 9.77. The first-order valence-electron chi connectivity index (χ1n) is 5.69. The molecule has 0 heterocycles. The first kappa shape index (κ1) is 13.3. The molecule has 0 aliphatic rings. The average Bonchev–Trinajstić information content (AvgIpc) is 2.24. The highest BCUT2D eigenvalue weighted by Gasteiger charge is 2.17. The molecule has 3 heteroatoms. The number of aryl methyl sites for hydroxylation is 1. The monoisotopic (exact) mass is 233 g/mol. The number of amides is 1. The molecule has 17 heavy (non-hydrogen) atoms. The standard InChI is InChI=1S/C14H19NO2/c1-5-15(9-10(2)3)14(17)12-7-6-11(4)8-13(12)16/h6-8,16H,2,5,9H2,1,3-4H3. The van der Waals surface area contributed by atoms with Crippen molar-refractivity contribution in [1.29, 1.82) is 0 Å². The van der Waals surface area contributed by atoms with Gasteiger partial charge in [0.2, 0.25) is 0 Å². The normalized spacial score (nSPS) is 10.1. The molecule has 1 aromatic rings. The second-order valence-electron chi connectivity index (χ2n) is 4.30. The number of phenolic OH excluding ortho intramolecular Hbond substituents is 1. The van der Waals surface area contributed by atoms with Gasteiger partial charge in [0, 0.05) is 13.1 Å². The first-order chi connectivity index (χ1) is 7.95. The first-order valence-corrected chi connectivity index (χ1v) is 5.69. The molecule has 1 N–H and O–H groups in total. The zero-order valence-corrected chi connectivity index (χ0v) is 10.7. The summed E-state index contributed by atoms with van der Waals surface area (Å²) in [6.45, 7) is 10.6. The zero-order chi connectivity index (χ0) is 13.0. The van der Waals surface area contributed by atoms with Gasteiger partial charge in [-0.3, -0.25) is 4.79 Å². The molecule has 0 bridgehead atoms. The summed E-state index contributed by atoms with van der Waals surface area (Å²) < 4.78 is 0. The van der Waals surface area contributed by atoms with Crippen LogP contribution in [0, 0.1) is 6.92 Å². The lowest BCUT2D eigenvalue weighted by Crippen LogP contribution is -2.32. The third-order valence-electron chi connectivity index (χ3n) is 2.51. The van der Waals surface area contributed by atoms with Crippen LogP contribution in [0.25, 0.3) is 0 Å². The highest BCUT2D eigenvalue weighted by Crippen LogP contribution is 2.20. The number of hydrogen-bond acceptors (Lipinski definition) is 2. The molecule has 1 aromatic carbocycles. The number of likely N-dealkylation sites (N-methyl/N-ethyl adjacent to an activating group) is 1. The van der Waals surface area contributed by atoms with Gasteiger partial charge in [-0.05, 0) is 38.5 Å². The lowest BCUT2D eigenvalue weighted by molar-refractivity contribution is 0.0775. The minimum atomic E-state index is -0.159. The van der Waals surface area contributed by atoms with Crippen molar-refractivity contribution in [1.82, 2.24) is 4.90 Å². The van der Waals surface area contributed by atoms with E-state index in [-0.39, 0.29) is 11.7 Å². The molecule has 0 aliphatic carbocycles. The molecule has 3 nitrogen and oxygen atoms in total. The van der Waals surface area contributed by atoms with Crippen LogP contribution in [0.2, 0.25) is 0 Å². The van der Waals surface area contributed by atoms with Gasteiger partial charge in [0.15, 0.2) is 0 Å². The quantitative estimate of drug-likeness (QED) is 0.812. The van der Waals surface area contributed by atoms with E-state index in [9.17, 15) is 9.90 Å². The average molecular weight is 233 g/mol. The Labute approximate surface area is 102 Å². The summed E-state index contributed by atoms with van der Waals surface area (Å²) >= 11 is 0. The summed E-state index contributed by atoms with van der Waals surface area (Å²) in [6.07, 6.45) is 0. The predicted octanol–water partition coefficient (Wildman–Crippen LogP) is 2.74. The van der Waals surface area contributed by atoms with E-state index in [0.717, 1.165) is 11.1 Å².